The molecule has 4 nitrogen and oxygen atoms in total. The second-order valence-corrected chi connectivity index (χ2v) is 5.51. The molecule has 2 heterocycles. The van der Waals surface area contributed by atoms with Crippen molar-refractivity contribution in [1.29, 1.82) is 0 Å². The summed E-state index contributed by atoms with van der Waals surface area (Å²) < 4.78 is 1.95. The van der Waals surface area contributed by atoms with Crippen LogP contribution in [0.5, 0.6) is 0 Å². The number of hydrogen-bond donors (Lipinski definition) is 1. The van der Waals surface area contributed by atoms with Crippen molar-refractivity contribution in [2.45, 2.75) is 58.2 Å². The van der Waals surface area contributed by atoms with Crippen molar-refractivity contribution in [2.24, 2.45) is 5.73 Å². The van der Waals surface area contributed by atoms with Gasteiger partial charge in [-0.15, -0.1) is 0 Å². The first kappa shape index (κ1) is 13.6. The van der Waals surface area contributed by atoms with Crippen LogP contribution in [0.15, 0.2) is 12.4 Å². The van der Waals surface area contributed by atoms with E-state index >= 15 is 0 Å². The number of nitrogens with two attached hydrogens (primary N) is 1. The minimum atomic E-state index is 0.0425. The maximum atomic E-state index is 6.54. The summed E-state index contributed by atoms with van der Waals surface area (Å²) in [7, 11) is 0. The fourth-order valence-electron chi connectivity index (χ4n) is 2.94. The summed E-state index contributed by atoms with van der Waals surface area (Å²) in [5.74, 6) is 0. The summed E-state index contributed by atoms with van der Waals surface area (Å²) in [4.78, 5) is 2.56. The van der Waals surface area contributed by atoms with Gasteiger partial charge in [0.15, 0.2) is 0 Å². The Labute approximate surface area is 110 Å². The van der Waals surface area contributed by atoms with Gasteiger partial charge in [-0.3, -0.25) is 9.58 Å². The zero-order valence-corrected chi connectivity index (χ0v) is 11.9. The van der Waals surface area contributed by atoms with E-state index < -0.39 is 0 Å². The van der Waals surface area contributed by atoms with E-state index in [0.29, 0.717) is 0 Å². The van der Waals surface area contributed by atoms with E-state index in [1.165, 1.54) is 25.9 Å². The van der Waals surface area contributed by atoms with E-state index in [2.05, 4.69) is 37.0 Å². The van der Waals surface area contributed by atoms with Gasteiger partial charge in [-0.1, -0.05) is 6.92 Å². The number of likely N-dealkylation sites (tertiary alicyclic amines) is 1. The molecule has 2 unspecified atom stereocenters. The molecule has 0 bridgehead atoms. The second-order valence-electron chi connectivity index (χ2n) is 5.51. The molecule has 0 saturated carbocycles. The molecule has 2 atom stereocenters. The van der Waals surface area contributed by atoms with Crippen LogP contribution < -0.4 is 5.73 Å². The number of hydrogen-bond acceptors (Lipinski definition) is 3. The van der Waals surface area contributed by atoms with Crippen molar-refractivity contribution in [3.63, 3.8) is 0 Å². The number of nitrogens with zero attached hydrogens (tertiary/aromatic N) is 3. The van der Waals surface area contributed by atoms with Crippen molar-refractivity contribution in [3.05, 3.63) is 18.0 Å². The summed E-state index contributed by atoms with van der Waals surface area (Å²) >= 11 is 0. The zero-order chi connectivity index (χ0) is 13.2. The Kier molecular flexibility index (Phi) is 4.07. The Hall–Kier alpha value is -0.870. The van der Waals surface area contributed by atoms with Crippen molar-refractivity contribution >= 4 is 0 Å². The first-order valence-electron chi connectivity index (χ1n) is 7.14. The summed E-state index contributed by atoms with van der Waals surface area (Å²) in [5.41, 5.74) is 7.75. The van der Waals surface area contributed by atoms with E-state index in [0.717, 1.165) is 18.5 Å². The Balaban J connectivity index is 2.20. The summed E-state index contributed by atoms with van der Waals surface area (Å²) in [6.07, 6.45) is 7.70. The first-order valence-corrected chi connectivity index (χ1v) is 7.14. The lowest BCUT2D eigenvalue weighted by molar-refractivity contribution is 0.1000. The highest BCUT2D eigenvalue weighted by Crippen LogP contribution is 2.34. The highest BCUT2D eigenvalue weighted by atomic mass is 15.3. The highest BCUT2D eigenvalue weighted by Gasteiger charge is 2.38. The van der Waals surface area contributed by atoms with Crippen LogP contribution >= 0.6 is 0 Å². The third-order valence-electron chi connectivity index (χ3n) is 4.55. The van der Waals surface area contributed by atoms with Crippen LogP contribution in [0.1, 0.15) is 51.6 Å². The van der Waals surface area contributed by atoms with Crippen LogP contribution in [-0.4, -0.2) is 33.3 Å². The Bertz CT molecular complexity index is 381. The van der Waals surface area contributed by atoms with Gasteiger partial charge in [-0.25, -0.2) is 0 Å². The maximum Gasteiger partial charge on any atom is 0.0538 e. The van der Waals surface area contributed by atoms with Crippen molar-refractivity contribution in [2.75, 3.05) is 13.1 Å². The van der Waals surface area contributed by atoms with E-state index in [4.69, 9.17) is 5.73 Å². The van der Waals surface area contributed by atoms with E-state index in [1.807, 2.05) is 10.9 Å². The molecular formula is C14H26N4. The van der Waals surface area contributed by atoms with Gasteiger partial charge in [0, 0.05) is 23.8 Å². The van der Waals surface area contributed by atoms with Crippen LogP contribution in [-0.2, 0) is 6.54 Å². The van der Waals surface area contributed by atoms with Crippen LogP contribution in [0.2, 0.25) is 0 Å². The molecule has 0 spiro atoms. The highest BCUT2D eigenvalue weighted by molar-refractivity contribution is 5.16. The SMILES string of the molecule is CCn1cc(C(N)C(C)(CC)N2CCCC2)cn1. The Morgan fingerprint density at radius 1 is 1.39 bits per heavy atom. The maximum absolute atomic E-state index is 6.54. The molecular weight excluding hydrogens is 224 g/mol. The van der Waals surface area contributed by atoms with Gasteiger partial charge >= 0.3 is 0 Å². The second kappa shape index (κ2) is 5.41. The predicted molar refractivity (Wildman–Crippen MR) is 74.3 cm³/mol. The number of aryl methyl sites for hydroxylation is 1. The van der Waals surface area contributed by atoms with Gasteiger partial charge in [0.05, 0.1) is 12.2 Å². The van der Waals surface area contributed by atoms with Crippen molar-refractivity contribution in [3.8, 4) is 0 Å². The van der Waals surface area contributed by atoms with Crippen LogP contribution in [0.3, 0.4) is 0 Å². The monoisotopic (exact) mass is 250 g/mol. The van der Waals surface area contributed by atoms with Gasteiger partial charge in [-0.05, 0) is 46.2 Å². The summed E-state index contributed by atoms with van der Waals surface area (Å²) in [6, 6.07) is 0.0425. The zero-order valence-electron chi connectivity index (χ0n) is 11.9. The molecule has 0 aliphatic carbocycles. The standard InChI is InChI=1S/C14H26N4/c1-4-14(3,17-8-6-7-9-17)13(15)12-10-16-18(5-2)11-12/h10-11,13H,4-9,15H2,1-3H3. The topological polar surface area (TPSA) is 47.1 Å². The Morgan fingerprint density at radius 3 is 2.56 bits per heavy atom. The minimum Gasteiger partial charge on any atom is -0.322 e. The molecule has 102 valence electrons. The molecule has 1 aromatic rings. The largest absolute Gasteiger partial charge is 0.322 e. The molecule has 1 aliphatic heterocycles. The van der Waals surface area contributed by atoms with Crippen LogP contribution in [0.4, 0.5) is 0 Å². The van der Waals surface area contributed by atoms with Crippen molar-refractivity contribution in [1.82, 2.24) is 14.7 Å². The molecule has 0 radical (unpaired) electrons. The lowest BCUT2D eigenvalue weighted by atomic mass is 9.85. The molecule has 2 N–H and O–H groups in total. The predicted octanol–water partition coefficient (Wildman–Crippen LogP) is 2.17. The molecule has 1 fully saturated rings. The number of rotatable bonds is 5. The Morgan fingerprint density at radius 2 is 2.06 bits per heavy atom. The molecule has 0 aromatic carbocycles. The molecule has 18 heavy (non-hydrogen) atoms. The van der Waals surface area contributed by atoms with Crippen LogP contribution in [0, 0.1) is 0 Å². The minimum absolute atomic E-state index is 0.0425. The van der Waals surface area contributed by atoms with E-state index in [1.54, 1.807) is 0 Å². The molecule has 1 saturated heterocycles. The third-order valence-corrected chi connectivity index (χ3v) is 4.55. The summed E-state index contributed by atoms with van der Waals surface area (Å²) in [6.45, 7) is 9.90. The van der Waals surface area contributed by atoms with Gasteiger partial charge in [0.2, 0.25) is 0 Å². The fourth-order valence-corrected chi connectivity index (χ4v) is 2.94. The lowest BCUT2D eigenvalue weighted by Gasteiger charge is -2.42. The van der Waals surface area contributed by atoms with E-state index in [9.17, 15) is 0 Å². The summed E-state index contributed by atoms with van der Waals surface area (Å²) in [5, 5.41) is 4.35. The number of aromatic nitrogens is 2. The molecule has 4 heteroatoms. The average molecular weight is 250 g/mol. The van der Waals surface area contributed by atoms with Gasteiger partial charge in [0.1, 0.15) is 0 Å². The lowest BCUT2D eigenvalue weighted by Crippen LogP contribution is -2.51. The average Bonchev–Trinajstić information content (AvgIpc) is 3.07. The fraction of sp³-hybridized carbons (Fsp3) is 0.786. The normalized spacial score (nSPS) is 22.0. The van der Waals surface area contributed by atoms with Gasteiger partial charge in [-0.2, -0.15) is 5.10 Å². The van der Waals surface area contributed by atoms with Gasteiger partial charge < -0.3 is 5.73 Å². The van der Waals surface area contributed by atoms with Crippen LogP contribution in [0.25, 0.3) is 0 Å². The quantitative estimate of drug-likeness (QED) is 0.871. The molecule has 0 amide bonds. The molecule has 2 rings (SSSR count). The molecule has 1 aliphatic rings. The van der Waals surface area contributed by atoms with Gasteiger partial charge in [0.25, 0.3) is 0 Å². The smallest absolute Gasteiger partial charge is 0.0538 e. The van der Waals surface area contributed by atoms with E-state index in [-0.39, 0.29) is 11.6 Å². The first-order chi connectivity index (χ1) is 8.61. The van der Waals surface area contributed by atoms with Crippen molar-refractivity contribution < 1.29 is 0 Å². The molecule has 1 aromatic heterocycles. The third kappa shape index (κ3) is 2.31.